The van der Waals surface area contributed by atoms with E-state index in [9.17, 15) is 9.59 Å². The average Bonchev–Trinajstić information content (AvgIpc) is 2.97. The Morgan fingerprint density at radius 2 is 1.96 bits per heavy atom. The van der Waals surface area contributed by atoms with Gasteiger partial charge in [0.1, 0.15) is 10.6 Å². The first-order chi connectivity index (χ1) is 13.0. The van der Waals surface area contributed by atoms with Gasteiger partial charge in [-0.05, 0) is 36.2 Å². The van der Waals surface area contributed by atoms with Crippen LogP contribution in [0, 0.1) is 6.92 Å². The van der Waals surface area contributed by atoms with Gasteiger partial charge in [0.15, 0.2) is 0 Å². The SMILES string of the molecule is COc1ccc(Br)c(Cn2c(C)c(C(=O)NCc3ccccc3)sc2=O)c1. The Morgan fingerprint density at radius 3 is 2.67 bits per heavy atom. The summed E-state index contributed by atoms with van der Waals surface area (Å²) in [6, 6.07) is 15.3. The molecule has 0 saturated heterocycles. The van der Waals surface area contributed by atoms with E-state index in [1.54, 1.807) is 18.6 Å². The van der Waals surface area contributed by atoms with Crippen molar-refractivity contribution in [2.75, 3.05) is 7.11 Å². The number of aromatic nitrogens is 1. The van der Waals surface area contributed by atoms with Crippen molar-refractivity contribution in [1.29, 1.82) is 0 Å². The van der Waals surface area contributed by atoms with E-state index >= 15 is 0 Å². The molecular weight excluding hydrogens is 428 g/mol. The van der Waals surface area contributed by atoms with Gasteiger partial charge in [-0.1, -0.05) is 57.6 Å². The number of benzene rings is 2. The Hall–Kier alpha value is -2.38. The van der Waals surface area contributed by atoms with Crippen molar-refractivity contribution >= 4 is 33.2 Å². The van der Waals surface area contributed by atoms with E-state index in [0.29, 0.717) is 23.7 Å². The Balaban J connectivity index is 1.80. The van der Waals surface area contributed by atoms with E-state index in [1.165, 1.54) is 0 Å². The van der Waals surface area contributed by atoms with Crippen LogP contribution in [0.1, 0.15) is 26.5 Å². The number of rotatable bonds is 6. The first-order valence-electron chi connectivity index (χ1n) is 8.34. The Kier molecular flexibility index (Phi) is 6.13. The van der Waals surface area contributed by atoms with Crippen LogP contribution >= 0.6 is 27.3 Å². The summed E-state index contributed by atoms with van der Waals surface area (Å²) in [4.78, 5) is 25.3. The van der Waals surface area contributed by atoms with E-state index in [4.69, 9.17) is 4.74 Å². The molecule has 0 aliphatic heterocycles. The predicted molar refractivity (Wildman–Crippen MR) is 111 cm³/mol. The number of thiazole rings is 1. The quantitative estimate of drug-likeness (QED) is 0.622. The number of nitrogens with zero attached hydrogens (tertiary/aromatic N) is 1. The number of hydrogen-bond donors (Lipinski definition) is 1. The molecule has 0 atom stereocenters. The molecule has 0 unspecified atom stereocenters. The van der Waals surface area contributed by atoms with Gasteiger partial charge in [-0.2, -0.15) is 0 Å². The Labute approximate surface area is 169 Å². The second-order valence-corrected chi connectivity index (χ2v) is 7.81. The van der Waals surface area contributed by atoms with Gasteiger partial charge < -0.3 is 10.1 Å². The van der Waals surface area contributed by atoms with E-state index in [-0.39, 0.29) is 10.8 Å². The summed E-state index contributed by atoms with van der Waals surface area (Å²) in [6.07, 6.45) is 0. The average molecular weight is 447 g/mol. The summed E-state index contributed by atoms with van der Waals surface area (Å²) in [5, 5.41) is 2.88. The lowest BCUT2D eigenvalue weighted by Gasteiger charge is -2.10. The van der Waals surface area contributed by atoms with E-state index in [0.717, 1.165) is 32.7 Å². The van der Waals surface area contributed by atoms with Gasteiger partial charge in [-0.25, -0.2) is 0 Å². The van der Waals surface area contributed by atoms with Crippen LogP contribution in [0.4, 0.5) is 0 Å². The van der Waals surface area contributed by atoms with Crippen molar-refractivity contribution in [3.05, 3.63) is 84.4 Å². The second-order valence-electron chi connectivity index (χ2n) is 5.99. The minimum absolute atomic E-state index is 0.160. The van der Waals surface area contributed by atoms with Gasteiger partial charge in [0, 0.05) is 16.7 Å². The fourth-order valence-corrected chi connectivity index (χ4v) is 3.98. The maximum absolute atomic E-state index is 12.5. The molecule has 2 aromatic carbocycles. The minimum atomic E-state index is -0.234. The van der Waals surface area contributed by atoms with Crippen molar-refractivity contribution in [1.82, 2.24) is 9.88 Å². The van der Waals surface area contributed by atoms with Crippen molar-refractivity contribution in [2.45, 2.75) is 20.0 Å². The molecule has 1 N–H and O–H groups in total. The smallest absolute Gasteiger partial charge is 0.308 e. The Morgan fingerprint density at radius 1 is 1.22 bits per heavy atom. The third-order valence-corrected chi connectivity index (χ3v) is 6.08. The molecule has 0 aliphatic carbocycles. The molecule has 7 heteroatoms. The number of hydrogen-bond acceptors (Lipinski definition) is 4. The maximum Gasteiger partial charge on any atom is 0.308 e. The molecule has 1 aromatic heterocycles. The zero-order valence-electron chi connectivity index (χ0n) is 15.0. The van der Waals surface area contributed by atoms with Gasteiger partial charge in [0.25, 0.3) is 5.91 Å². The molecule has 0 fully saturated rings. The largest absolute Gasteiger partial charge is 0.497 e. The van der Waals surface area contributed by atoms with Gasteiger partial charge in [0.2, 0.25) is 0 Å². The lowest BCUT2D eigenvalue weighted by atomic mass is 10.2. The van der Waals surface area contributed by atoms with Gasteiger partial charge >= 0.3 is 4.87 Å². The molecule has 27 heavy (non-hydrogen) atoms. The number of amides is 1. The highest BCUT2D eigenvalue weighted by atomic mass is 79.9. The zero-order chi connectivity index (χ0) is 19.4. The topological polar surface area (TPSA) is 60.3 Å². The first-order valence-corrected chi connectivity index (χ1v) is 9.95. The van der Waals surface area contributed by atoms with Gasteiger partial charge in [-0.3, -0.25) is 14.2 Å². The summed E-state index contributed by atoms with van der Waals surface area (Å²) in [5.41, 5.74) is 2.58. The summed E-state index contributed by atoms with van der Waals surface area (Å²) in [5.74, 6) is 0.483. The van der Waals surface area contributed by atoms with Crippen molar-refractivity contribution in [3.63, 3.8) is 0 Å². The maximum atomic E-state index is 12.5. The molecule has 140 valence electrons. The van der Waals surface area contributed by atoms with E-state index < -0.39 is 0 Å². The molecular formula is C20H19BrN2O3S. The van der Waals surface area contributed by atoms with Crippen LogP contribution < -0.4 is 14.9 Å². The highest BCUT2D eigenvalue weighted by Crippen LogP contribution is 2.24. The summed E-state index contributed by atoms with van der Waals surface area (Å²) in [7, 11) is 1.60. The molecule has 0 radical (unpaired) electrons. The van der Waals surface area contributed by atoms with Crippen LogP contribution in [-0.2, 0) is 13.1 Å². The minimum Gasteiger partial charge on any atom is -0.497 e. The fraction of sp³-hybridized carbons (Fsp3) is 0.200. The van der Waals surface area contributed by atoms with E-state index in [1.807, 2.05) is 48.5 Å². The van der Waals surface area contributed by atoms with E-state index in [2.05, 4.69) is 21.2 Å². The molecule has 0 aliphatic rings. The highest BCUT2D eigenvalue weighted by molar-refractivity contribution is 9.10. The summed E-state index contributed by atoms with van der Waals surface area (Å²) < 4.78 is 7.75. The number of carbonyl (C=O) groups excluding carboxylic acids is 1. The zero-order valence-corrected chi connectivity index (χ0v) is 17.4. The fourth-order valence-electron chi connectivity index (χ4n) is 2.70. The molecule has 0 saturated carbocycles. The van der Waals surface area contributed by atoms with Crippen LogP contribution in [0.5, 0.6) is 5.75 Å². The number of nitrogens with one attached hydrogen (secondary N) is 1. The monoisotopic (exact) mass is 446 g/mol. The highest BCUT2D eigenvalue weighted by Gasteiger charge is 2.18. The molecule has 5 nitrogen and oxygen atoms in total. The van der Waals surface area contributed by atoms with Crippen molar-refractivity contribution < 1.29 is 9.53 Å². The molecule has 1 heterocycles. The molecule has 1 amide bonds. The Bertz CT molecular complexity index is 1010. The van der Waals surface area contributed by atoms with Gasteiger partial charge in [-0.15, -0.1) is 0 Å². The lowest BCUT2D eigenvalue weighted by molar-refractivity contribution is 0.0954. The van der Waals surface area contributed by atoms with Crippen LogP contribution in [0.25, 0.3) is 0 Å². The molecule has 3 aromatic rings. The summed E-state index contributed by atoms with van der Waals surface area (Å²) >= 11 is 4.47. The third kappa shape index (κ3) is 4.48. The van der Waals surface area contributed by atoms with Crippen LogP contribution in [-0.4, -0.2) is 17.6 Å². The van der Waals surface area contributed by atoms with Crippen molar-refractivity contribution in [2.24, 2.45) is 0 Å². The third-order valence-electron chi connectivity index (χ3n) is 4.23. The number of carbonyl (C=O) groups is 1. The molecule has 0 spiro atoms. The van der Waals surface area contributed by atoms with Crippen molar-refractivity contribution in [3.8, 4) is 5.75 Å². The summed E-state index contributed by atoms with van der Waals surface area (Å²) in [6.45, 7) is 2.58. The number of ether oxygens (including phenoxy) is 1. The second kappa shape index (κ2) is 8.54. The van der Waals surface area contributed by atoms with Gasteiger partial charge in [0.05, 0.1) is 13.7 Å². The molecule has 3 rings (SSSR count). The first kappa shape index (κ1) is 19.4. The number of methoxy groups -OCH3 is 1. The van der Waals surface area contributed by atoms with Crippen LogP contribution in [0.15, 0.2) is 57.8 Å². The standard InChI is InChI=1S/C20H19BrN2O3S/c1-13-18(19(24)22-11-14-6-4-3-5-7-14)27-20(25)23(13)12-15-10-16(26-2)8-9-17(15)21/h3-10H,11-12H2,1-2H3,(H,22,24). The molecule has 0 bridgehead atoms. The normalized spacial score (nSPS) is 10.6. The predicted octanol–water partition coefficient (Wildman–Crippen LogP) is 3.97. The van der Waals surface area contributed by atoms with Crippen LogP contribution in [0.3, 0.4) is 0 Å². The lowest BCUT2D eigenvalue weighted by Crippen LogP contribution is -2.23. The van der Waals surface area contributed by atoms with Crippen LogP contribution in [0.2, 0.25) is 0 Å². The number of halogens is 1.